The second kappa shape index (κ2) is 5.18. The van der Waals surface area contributed by atoms with Crippen LogP contribution in [0.3, 0.4) is 0 Å². The molecular formula is C11H16BN5O. The van der Waals surface area contributed by atoms with E-state index >= 15 is 0 Å². The van der Waals surface area contributed by atoms with Gasteiger partial charge in [0.05, 0.1) is 12.4 Å². The van der Waals surface area contributed by atoms with Gasteiger partial charge in [0, 0.05) is 6.61 Å². The van der Waals surface area contributed by atoms with Crippen molar-refractivity contribution < 1.29 is 5.11 Å². The smallest absolute Gasteiger partial charge is 0.165 e. The topological polar surface area (TPSA) is 89.8 Å². The molecule has 0 aliphatic heterocycles. The molecule has 2 heterocycles. The zero-order valence-corrected chi connectivity index (χ0v) is 10.3. The quantitative estimate of drug-likeness (QED) is 0.569. The maximum absolute atomic E-state index is 9.13. The minimum Gasteiger partial charge on any atom is -0.397 e. The fraction of sp³-hybridized carbons (Fsp3) is 0.364. The number of nitrogens with two attached hydrogens (primary N) is 1. The summed E-state index contributed by atoms with van der Waals surface area (Å²) in [5.74, 6) is 0.557. The molecule has 2 rings (SSSR count). The number of aliphatic hydroxyl groups excluding tert-OH is 1. The van der Waals surface area contributed by atoms with Crippen molar-refractivity contribution in [3.05, 3.63) is 25.3 Å². The van der Waals surface area contributed by atoms with Crippen molar-refractivity contribution in [3.8, 4) is 0 Å². The molecule has 2 aromatic heterocycles. The maximum Gasteiger partial charge on any atom is 0.165 e. The number of aliphatic hydroxyl groups is 1. The third-order valence-corrected chi connectivity index (χ3v) is 2.97. The van der Waals surface area contributed by atoms with E-state index in [4.69, 9.17) is 10.8 Å². The Morgan fingerprint density at radius 2 is 2.28 bits per heavy atom. The molecule has 0 aromatic carbocycles. The molecule has 18 heavy (non-hydrogen) atoms. The second-order valence-electron chi connectivity index (χ2n) is 4.41. The lowest BCUT2D eigenvalue weighted by molar-refractivity contribution is 0.278. The van der Waals surface area contributed by atoms with E-state index in [2.05, 4.69) is 21.5 Å². The molecule has 94 valence electrons. The van der Waals surface area contributed by atoms with Crippen LogP contribution in [0, 0.1) is 0 Å². The number of imidazole rings is 1. The first-order valence-corrected chi connectivity index (χ1v) is 5.83. The second-order valence-corrected chi connectivity index (χ2v) is 4.41. The normalized spacial score (nSPS) is 14.5. The summed E-state index contributed by atoms with van der Waals surface area (Å²) < 4.78 is 1.91. The number of hydrogen-bond donors (Lipinski definition) is 2. The van der Waals surface area contributed by atoms with E-state index in [0.717, 1.165) is 6.42 Å². The van der Waals surface area contributed by atoms with Gasteiger partial charge in [0.1, 0.15) is 19.7 Å². The molecule has 0 spiro atoms. The summed E-state index contributed by atoms with van der Waals surface area (Å²) >= 11 is 0. The van der Waals surface area contributed by atoms with Crippen LogP contribution in [0.2, 0.25) is 5.82 Å². The number of fused-ring (bicyclic) bond motifs is 1. The molecule has 2 aromatic rings. The molecule has 0 aliphatic carbocycles. The van der Waals surface area contributed by atoms with Gasteiger partial charge in [0.15, 0.2) is 11.5 Å². The Hall–Kier alpha value is -1.89. The molecule has 0 aliphatic rings. The Balaban J connectivity index is 2.40. The molecule has 0 bridgehead atoms. The fourth-order valence-corrected chi connectivity index (χ4v) is 1.92. The van der Waals surface area contributed by atoms with E-state index < -0.39 is 0 Å². The molecule has 0 amide bonds. The average molecular weight is 245 g/mol. The lowest BCUT2D eigenvalue weighted by atomic mass is 9.82. The van der Waals surface area contributed by atoms with Crippen LogP contribution in [0.25, 0.3) is 11.2 Å². The van der Waals surface area contributed by atoms with Crippen LogP contribution in [0.1, 0.15) is 12.5 Å². The predicted molar refractivity (Wildman–Crippen MR) is 73.0 cm³/mol. The highest BCUT2D eigenvalue weighted by Crippen LogP contribution is 2.25. The highest BCUT2D eigenvalue weighted by atomic mass is 16.3. The first-order chi connectivity index (χ1) is 8.67. The summed E-state index contributed by atoms with van der Waals surface area (Å²) in [7, 11) is 1.99. The Kier molecular flexibility index (Phi) is 3.62. The molecule has 2 atom stereocenters. The number of allylic oxidation sites excluding steroid dienone is 1. The fourth-order valence-electron chi connectivity index (χ4n) is 1.92. The van der Waals surface area contributed by atoms with Gasteiger partial charge >= 0.3 is 0 Å². The lowest BCUT2D eigenvalue weighted by Gasteiger charge is -2.18. The standard InChI is InChI=1S/C11H16BN5O/c1-2-8(3-7(12)4-18)17-6-16-9-10(13)14-5-15-11(9)17/h2,5-8,18H,1,3-4,12H2,(H2,13,14,15). The number of rotatable bonds is 5. The predicted octanol–water partition coefficient (Wildman–Crippen LogP) is -0.0604. The number of nitrogen functional groups attached to an aromatic ring is 1. The Morgan fingerprint density at radius 3 is 2.94 bits per heavy atom. The van der Waals surface area contributed by atoms with Crippen molar-refractivity contribution >= 4 is 24.8 Å². The van der Waals surface area contributed by atoms with Gasteiger partial charge in [0.25, 0.3) is 0 Å². The van der Waals surface area contributed by atoms with Crippen molar-refractivity contribution in [1.29, 1.82) is 0 Å². The van der Waals surface area contributed by atoms with Crippen molar-refractivity contribution in [2.45, 2.75) is 18.3 Å². The van der Waals surface area contributed by atoms with Gasteiger partial charge in [0.2, 0.25) is 0 Å². The summed E-state index contributed by atoms with van der Waals surface area (Å²) in [4.78, 5) is 12.3. The maximum atomic E-state index is 9.13. The van der Waals surface area contributed by atoms with Gasteiger partial charge in [-0.1, -0.05) is 6.08 Å². The van der Waals surface area contributed by atoms with Crippen LogP contribution in [0.15, 0.2) is 25.3 Å². The number of hydrogen-bond acceptors (Lipinski definition) is 5. The first-order valence-electron chi connectivity index (χ1n) is 5.83. The average Bonchev–Trinajstić information content (AvgIpc) is 2.81. The molecular weight excluding hydrogens is 229 g/mol. The summed E-state index contributed by atoms with van der Waals surface area (Å²) in [5, 5.41) is 9.13. The summed E-state index contributed by atoms with van der Waals surface area (Å²) in [6.45, 7) is 3.98. The largest absolute Gasteiger partial charge is 0.397 e. The van der Waals surface area contributed by atoms with Gasteiger partial charge in [-0.25, -0.2) is 15.0 Å². The van der Waals surface area contributed by atoms with E-state index in [1.54, 1.807) is 6.33 Å². The van der Waals surface area contributed by atoms with E-state index in [1.165, 1.54) is 6.33 Å². The third kappa shape index (κ3) is 2.21. The van der Waals surface area contributed by atoms with Crippen molar-refractivity contribution in [2.75, 3.05) is 12.3 Å². The van der Waals surface area contributed by atoms with Gasteiger partial charge < -0.3 is 15.4 Å². The van der Waals surface area contributed by atoms with Crippen molar-refractivity contribution in [3.63, 3.8) is 0 Å². The summed E-state index contributed by atoms with van der Waals surface area (Å²) in [6.07, 6.45) is 5.71. The SMILES string of the molecule is BC(CO)CC(C=C)n1cnc2c(N)ncnc21. The molecule has 7 heteroatoms. The van der Waals surface area contributed by atoms with Gasteiger partial charge in [-0.2, -0.15) is 0 Å². The van der Waals surface area contributed by atoms with Crippen molar-refractivity contribution in [1.82, 2.24) is 19.5 Å². The van der Waals surface area contributed by atoms with Crippen molar-refractivity contribution in [2.24, 2.45) is 0 Å². The molecule has 0 radical (unpaired) electrons. The third-order valence-electron chi connectivity index (χ3n) is 2.97. The number of aromatic nitrogens is 4. The number of anilines is 1. The zero-order valence-electron chi connectivity index (χ0n) is 10.3. The van der Waals surface area contributed by atoms with Crippen LogP contribution in [0.5, 0.6) is 0 Å². The van der Waals surface area contributed by atoms with Crippen LogP contribution >= 0.6 is 0 Å². The van der Waals surface area contributed by atoms with E-state index in [9.17, 15) is 0 Å². The summed E-state index contributed by atoms with van der Waals surface area (Å²) in [5.41, 5.74) is 7.04. The van der Waals surface area contributed by atoms with Crippen LogP contribution in [-0.2, 0) is 0 Å². The molecule has 0 saturated carbocycles. The van der Waals surface area contributed by atoms with E-state index in [0.29, 0.717) is 17.0 Å². The molecule has 2 unspecified atom stereocenters. The Labute approximate surface area is 106 Å². The van der Waals surface area contributed by atoms with E-state index in [-0.39, 0.29) is 18.5 Å². The molecule has 3 N–H and O–H groups in total. The summed E-state index contributed by atoms with van der Waals surface area (Å²) in [6, 6.07) is 0.0337. The Morgan fingerprint density at radius 1 is 1.50 bits per heavy atom. The molecule has 0 fully saturated rings. The van der Waals surface area contributed by atoms with Crippen LogP contribution in [0.4, 0.5) is 5.82 Å². The highest BCUT2D eigenvalue weighted by molar-refractivity contribution is 6.11. The monoisotopic (exact) mass is 245 g/mol. The highest BCUT2D eigenvalue weighted by Gasteiger charge is 2.16. The van der Waals surface area contributed by atoms with E-state index in [1.807, 2.05) is 18.5 Å². The van der Waals surface area contributed by atoms with Gasteiger partial charge in [-0.15, -0.1) is 6.58 Å². The Bertz CT molecular complexity index is 555. The van der Waals surface area contributed by atoms with Gasteiger partial charge in [-0.05, 0) is 12.2 Å². The van der Waals surface area contributed by atoms with Crippen LogP contribution < -0.4 is 5.73 Å². The lowest BCUT2D eigenvalue weighted by Crippen LogP contribution is -2.11. The first kappa shape index (κ1) is 12.6. The molecule has 6 nitrogen and oxygen atoms in total. The van der Waals surface area contributed by atoms with Crippen LogP contribution in [-0.4, -0.2) is 39.1 Å². The minimum absolute atomic E-state index is 0.0337. The minimum atomic E-state index is 0.0337. The zero-order chi connectivity index (χ0) is 13.1. The number of nitrogens with zero attached hydrogens (tertiary/aromatic N) is 4. The molecule has 0 saturated heterocycles. The van der Waals surface area contributed by atoms with Gasteiger partial charge in [-0.3, -0.25) is 0 Å².